The molecule has 0 aromatic heterocycles. The summed E-state index contributed by atoms with van der Waals surface area (Å²) in [4.78, 5) is 26.4. The number of piperidine rings is 1. The van der Waals surface area contributed by atoms with Gasteiger partial charge in [-0.2, -0.15) is 0 Å². The maximum absolute atomic E-state index is 12.6. The molecule has 1 aromatic rings. The highest BCUT2D eigenvalue weighted by atomic mass is 35.5. The minimum atomic E-state index is -0.499. The molecule has 1 aromatic carbocycles. The Bertz CT molecular complexity index is 895. The molecule has 1 spiro atoms. The summed E-state index contributed by atoms with van der Waals surface area (Å²) >= 11 is 6.57. The molecule has 5 nitrogen and oxygen atoms in total. The number of ether oxygens (including phenoxy) is 1. The van der Waals surface area contributed by atoms with Crippen molar-refractivity contribution in [3.8, 4) is 0 Å². The number of hydrogen-bond acceptors (Lipinski definition) is 3. The van der Waals surface area contributed by atoms with Crippen LogP contribution in [0.3, 0.4) is 0 Å². The van der Waals surface area contributed by atoms with Crippen LogP contribution in [0.5, 0.6) is 0 Å². The van der Waals surface area contributed by atoms with Gasteiger partial charge < -0.3 is 15.0 Å². The first-order valence-electron chi connectivity index (χ1n) is 11.2. The highest BCUT2D eigenvalue weighted by molar-refractivity contribution is 6.31. The normalized spacial score (nSPS) is 22.9. The zero-order valence-electron chi connectivity index (χ0n) is 20.2. The van der Waals surface area contributed by atoms with Gasteiger partial charge >= 0.3 is 6.09 Å². The first kappa shape index (κ1) is 23.9. The molecule has 0 saturated carbocycles. The quantitative estimate of drug-likeness (QED) is 0.650. The summed E-state index contributed by atoms with van der Waals surface area (Å²) in [5.74, 6) is -0.0355. The van der Waals surface area contributed by atoms with Crippen LogP contribution < -0.4 is 5.32 Å². The fourth-order valence-corrected chi connectivity index (χ4v) is 5.63. The van der Waals surface area contributed by atoms with Crippen molar-refractivity contribution < 1.29 is 14.3 Å². The molecule has 1 heterocycles. The van der Waals surface area contributed by atoms with Crippen molar-refractivity contribution in [1.29, 1.82) is 0 Å². The second-order valence-electron chi connectivity index (χ2n) is 11.2. The largest absolute Gasteiger partial charge is 0.444 e. The van der Waals surface area contributed by atoms with Crippen LogP contribution >= 0.6 is 11.6 Å². The predicted molar refractivity (Wildman–Crippen MR) is 125 cm³/mol. The van der Waals surface area contributed by atoms with E-state index in [9.17, 15) is 9.59 Å². The standard InChI is InChI=1S/C25H37ClN2O3/c1-16-13-19-18(14-20(16)26)24(8,23(6,7)27-17(2)29)15-25(19)9-11-28(12-10-25)21(30)31-22(3,4)5/h13-14H,9-12,15H2,1-8H3,(H,27,29)/t24-/m0/s1. The van der Waals surface area contributed by atoms with Gasteiger partial charge in [0.05, 0.1) is 0 Å². The van der Waals surface area contributed by atoms with Crippen molar-refractivity contribution in [3.05, 3.63) is 33.8 Å². The van der Waals surface area contributed by atoms with Crippen LogP contribution in [0, 0.1) is 6.92 Å². The number of fused-ring (bicyclic) bond motifs is 2. The van der Waals surface area contributed by atoms with Gasteiger partial charge in [0, 0.05) is 36.0 Å². The van der Waals surface area contributed by atoms with Gasteiger partial charge in [0.25, 0.3) is 0 Å². The SMILES string of the molecule is CC(=O)NC(C)(C)[C@@]1(C)CC2(CCN(C(=O)OC(C)(C)C)CC2)c2cc(C)c(Cl)cc21. The minimum Gasteiger partial charge on any atom is -0.444 e. The van der Waals surface area contributed by atoms with Crippen molar-refractivity contribution in [2.24, 2.45) is 0 Å². The molecule has 0 bridgehead atoms. The van der Waals surface area contributed by atoms with E-state index in [-0.39, 0.29) is 22.8 Å². The lowest BCUT2D eigenvalue weighted by Crippen LogP contribution is -2.57. The number of carbonyl (C=O) groups is 2. The Labute approximate surface area is 191 Å². The fourth-order valence-electron chi connectivity index (χ4n) is 5.47. The number of hydrogen-bond donors (Lipinski definition) is 1. The van der Waals surface area contributed by atoms with Crippen LogP contribution in [-0.2, 0) is 20.4 Å². The van der Waals surface area contributed by atoms with Gasteiger partial charge in [-0.05, 0) is 89.0 Å². The van der Waals surface area contributed by atoms with Gasteiger partial charge in [0.15, 0.2) is 0 Å². The van der Waals surface area contributed by atoms with Crippen LogP contribution in [0.15, 0.2) is 12.1 Å². The molecule has 1 N–H and O–H groups in total. The smallest absolute Gasteiger partial charge is 0.410 e. The third-order valence-corrected chi connectivity index (χ3v) is 7.80. The van der Waals surface area contributed by atoms with E-state index in [1.165, 1.54) is 11.1 Å². The summed E-state index contributed by atoms with van der Waals surface area (Å²) in [6.07, 6.45) is 2.40. The van der Waals surface area contributed by atoms with E-state index in [2.05, 4.69) is 38.2 Å². The van der Waals surface area contributed by atoms with Crippen LogP contribution in [0.25, 0.3) is 0 Å². The lowest BCUT2D eigenvalue weighted by molar-refractivity contribution is -0.121. The number of amides is 2. The lowest BCUT2D eigenvalue weighted by atomic mass is 9.65. The molecular formula is C25H37ClN2O3. The second kappa shape index (κ2) is 7.68. The summed E-state index contributed by atoms with van der Waals surface area (Å²) in [5, 5.41) is 3.94. The Hall–Kier alpha value is -1.75. The molecule has 2 aliphatic rings. The topological polar surface area (TPSA) is 58.6 Å². The Balaban J connectivity index is 1.97. The highest BCUT2D eigenvalue weighted by Gasteiger charge is 2.57. The first-order chi connectivity index (χ1) is 14.1. The van der Waals surface area contributed by atoms with Gasteiger partial charge in [-0.3, -0.25) is 4.79 Å². The van der Waals surface area contributed by atoms with Gasteiger partial charge in [-0.1, -0.05) is 24.6 Å². The van der Waals surface area contributed by atoms with E-state index in [1.54, 1.807) is 6.92 Å². The molecule has 0 unspecified atom stereocenters. The maximum Gasteiger partial charge on any atom is 0.410 e. The third kappa shape index (κ3) is 4.30. The molecule has 6 heteroatoms. The van der Waals surface area contributed by atoms with Crippen LogP contribution in [-0.4, -0.2) is 41.1 Å². The Morgan fingerprint density at radius 1 is 1.10 bits per heavy atom. The minimum absolute atomic E-state index is 0.0355. The van der Waals surface area contributed by atoms with E-state index < -0.39 is 11.1 Å². The predicted octanol–water partition coefficient (Wildman–Crippen LogP) is 5.49. The molecule has 31 heavy (non-hydrogen) atoms. The number of likely N-dealkylation sites (tertiary alicyclic amines) is 1. The first-order valence-corrected chi connectivity index (χ1v) is 11.6. The Morgan fingerprint density at radius 3 is 2.19 bits per heavy atom. The lowest BCUT2D eigenvalue weighted by Gasteiger charge is -2.46. The molecular weight excluding hydrogens is 412 g/mol. The van der Waals surface area contributed by atoms with E-state index in [0.29, 0.717) is 13.1 Å². The summed E-state index contributed by atoms with van der Waals surface area (Å²) in [6.45, 7) is 17.0. The molecule has 1 aliphatic carbocycles. The van der Waals surface area contributed by atoms with E-state index in [1.807, 2.05) is 32.6 Å². The number of rotatable bonds is 2. The summed E-state index contributed by atoms with van der Waals surface area (Å²) < 4.78 is 5.59. The molecule has 3 rings (SSSR count). The van der Waals surface area contributed by atoms with Gasteiger partial charge in [0.1, 0.15) is 5.60 Å². The number of carbonyl (C=O) groups excluding carboxylic acids is 2. The van der Waals surface area contributed by atoms with Crippen molar-refractivity contribution >= 4 is 23.6 Å². The monoisotopic (exact) mass is 448 g/mol. The number of nitrogens with zero attached hydrogens (tertiary/aromatic N) is 1. The van der Waals surface area contributed by atoms with Gasteiger partial charge in [-0.25, -0.2) is 4.79 Å². The summed E-state index contributed by atoms with van der Waals surface area (Å²) in [6, 6.07) is 4.33. The number of halogens is 1. The van der Waals surface area contributed by atoms with E-state index in [0.717, 1.165) is 29.8 Å². The third-order valence-electron chi connectivity index (χ3n) is 7.40. The van der Waals surface area contributed by atoms with Crippen molar-refractivity contribution in [1.82, 2.24) is 10.2 Å². The van der Waals surface area contributed by atoms with E-state index >= 15 is 0 Å². The van der Waals surface area contributed by atoms with Crippen LogP contribution in [0.2, 0.25) is 5.02 Å². The molecule has 1 aliphatic heterocycles. The summed E-state index contributed by atoms with van der Waals surface area (Å²) in [5.41, 5.74) is 2.33. The van der Waals surface area contributed by atoms with Gasteiger partial charge in [-0.15, -0.1) is 0 Å². The average Bonchev–Trinajstić information content (AvgIpc) is 2.83. The van der Waals surface area contributed by atoms with Crippen molar-refractivity contribution in [3.63, 3.8) is 0 Å². The van der Waals surface area contributed by atoms with Crippen LogP contribution in [0.4, 0.5) is 4.79 Å². The molecule has 1 fully saturated rings. The molecule has 0 radical (unpaired) electrons. The molecule has 172 valence electrons. The van der Waals surface area contributed by atoms with E-state index in [4.69, 9.17) is 16.3 Å². The second-order valence-corrected chi connectivity index (χ2v) is 11.6. The van der Waals surface area contributed by atoms with Gasteiger partial charge in [0.2, 0.25) is 5.91 Å². The average molecular weight is 449 g/mol. The number of aryl methyl sites for hydroxylation is 1. The van der Waals surface area contributed by atoms with Crippen molar-refractivity contribution in [2.45, 2.75) is 96.6 Å². The summed E-state index contributed by atoms with van der Waals surface area (Å²) in [7, 11) is 0. The molecule has 1 saturated heterocycles. The molecule has 2 amide bonds. The van der Waals surface area contributed by atoms with Crippen LogP contribution in [0.1, 0.15) is 84.4 Å². The fraction of sp³-hybridized carbons (Fsp3) is 0.680. The Kier molecular flexibility index (Phi) is 5.92. The maximum atomic E-state index is 12.6. The number of nitrogens with one attached hydrogen (secondary N) is 1. The zero-order valence-corrected chi connectivity index (χ0v) is 21.0. The Morgan fingerprint density at radius 2 is 1.68 bits per heavy atom. The van der Waals surface area contributed by atoms with Crippen molar-refractivity contribution in [2.75, 3.05) is 13.1 Å². The zero-order chi connectivity index (χ0) is 23.4. The molecule has 1 atom stereocenters. The highest BCUT2D eigenvalue weighted by Crippen LogP contribution is 2.58. The number of benzene rings is 1.